The van der Waals surface area contributed by atoms with Crippen LogP contribution in [-0.2, 0) is 24.2 Å². The van der Waals surface area contributed by atoms with E-state index in [1.165, 1.54) is 22.5 Å². The normalized spacial score (nSPS) is 17.1. The van der Waals surface area contributed by atoms with Crippen LogP contribution in [0.2, 0.25) is 0 Å². The highest BCUT2D eigenvalue weighted by Gasteiger charge is 2.36. The maximum Gasteiger partial charge on any atom is 0.257 e. The molecule has 1 aliphatic heterocycles. The molecule has 2 aliphatic rings. The molecule has 0 fully saturated rings. The number of hydrogen-bond donors (Lipinski definition) is 1. The molecule has 1 atom stereocenters. The Hall–Kier alpha value is -3.19. The van der Waals surface area contributed by atoms with Gasteiger partial charge in [0.25, 0.3) is 5.91 Å². The predicted octanol–water partition coefficient (Wildman–Crippen LogP) is 4.02. The number of carbonyl (C=O) groups is 2. The number of anilines is 1. The van der Waals surface area contributed by atoms with Crippen LogP contribution in [-0.4, -0.2) is 35.4 Å². The molecule has 1 unspecified atom stereocenters. The van der Waals surface area contributed by atoms with Crippen LogP contribution in [0.5, 0.6) is 5.75 Å². The third-order valence-corrected chi connectivity index (χ3v) is 7.08. The zero-order valence-corrected chi connectivity index (χ0v) is 18.1. The van der Waals surface area contributed by atoms with E-state index in [0.29, 0.717) is 23.0 Å². The Morgan fingerprint density at radius 3 is 2.65 bits per heavy atom. The van der Waals surface area contributed by atoms with E-state index in [1.54, 1.807) is 31.4 Å². The molecule has 2 amide bonds. The Kier molecular flexibility index (Phi) is 5.19. The maximum absolute atomic E-state index is 13.3. The van der Waals surface area contributed by atoms with Crippen molar-refractivity contribution in [1.82, 2.24) is 9.88 Å². The van der Waals surface area contributed by atoms with Gasteiger partial charge in [0.2, 0.25) is 5.91 Å². The Balaban J connectivity index is 1.29. The Labute approximate surface area is 184 Å². The number of rotatable bonds is 4. The molecule has 0 radical (unpaired) electrons. The van der Waals surface area contributed by atoms with E-state index in [0.717, 1.165) is 36.4 Å². The lowest BCUT2D eigenvalue weighted by atomic mass is 9.97. The Morgan fingerprint density at radius 1 is 1.10 bits per heavy atom. The number of hydrogen-bond acceptors (Lipinski definition) is 5. The van der Waals surface area contributed by atoms with E-state index in [2.05, 4.69) is 28.5 Å². The number of aryl methyl sites for hydroxylation is 1. The molecule has 0 spiro atoms. The van der Waals surface area contributed by atoms with Crippen LogP contribution in [0.15, 0.2) is 48.5 Å². The van der Waals surface area contributed by atoms with Crippen LogP contribution >= 0.6 is 11.3 Å². The molecule has 7 heteroatoms. The first-order valence-electron chi connectivity index (χ1n) is 10.4. The SMILES string of the molecule is COc1ccc(C(=O)Nc2nc3c(s2)CCC3C(=O)N2CCc3ccccc3C2)cc1. The number of methoxy groups -OCH3 is 1. The number of fused-ring (bicyclic) bond motifs is 2. The van der Waals surface area contributed by atoms with Crippen molar-refractivity contribution in [3.05, 3.63) is 75.8 Å². The monoisotopic (exact) mass is 433 g/mol. The number of nitrogens with one attached hydrogen (secondary N) is 1. The highest BCUT2D eigenvalue weighted by molar-refractivity contribution is 7.16. The average molecular weight is 434 g/mol. The summed E-state index contributed by atoms with van der Waals surface area (Å²) in [6.07, 6.45) is 2.51. The quantitative estimate of drug-likeness (QED) is 0.675. The summed E-state index contributed by atoms with van der Waals surface area (Å²) in [5, 5.41) is 3.43. The molecule has 2 heterocycles. The fraction of sp³-hybridized carbons (Fsp3) is 0.292. The summed E-state index contributed by atoms with van der Waals surface area (Å²) in [4.78, 5) is 33.5. The molecule has 0 saturated carbocycles. The first-order chi connectivity index (χ1) is 15.1. The van der Waals surface area contributed by atoms with Gasteiger partial charge in [-0.2, -0.15) is 0 Å². The van der Waals surface area contributed by atoms with Gasteiger partial charge in [0.05, 0.1) is 18.7 Å². The van der Waals surface area contributed by atoms with Gasteiger partial charge in [-0.05, 0) is 54.7 Å². The van der Waals surface area contributed by atoms with Gasteiger partial charge in [0.1, 0.15) is 5.75 Å². The fourth-order valence-corrected chi connectivity index (χ4v) is 5.37. The van der Waals surface area contributed by atoms with Crippen molar-refractivity contribution in [2.75, 3.05) is 19.0 Å². The van der Waals surface area contributed by atoms with E-state index in [-0.39, 0.29) is 17.7 Å². The van der Waals surface area contributed by atoms with Gasteiger partial charge >= 0.3 is 0 Å². The van der Waals surface area contributed by atoms with Gasteiger partial charge < -0.3 is 9.64 Å². The van der Waals surface area contributed by atoms with Crippen LogP contribution in [0.3, 0.4) is 0 Å². The van der Waals surface area contributed by atoms with Gasteiger partial charge in [-0.3, -0.25) is 14.9 Å². The largest absolute Gasteiger partial charge is 0.497 e. The zero-order chi connectivity index (χ0) is 21.4. The molecular formula is C24H23N3O3S. The van der Waals surface area contributed by atoms with Gasteiger partial charge in [-0.15, -0.1) is 11.3 Å². The van der Waals surface area contributed by atoms with Crippen molar-refractivity contribution in [2.45, 2.75) is 31.7 Å². The topological polar surface area (TPSA) is 71.5 Å². The molecule has 0 saturated heterocycles. The van der Waals surface area contributed by atoms with Crippen molar-refractivity contribution >= 4 is 28.3 Å². The average Bonchev–Trinajstić information content (AvgIpc) is 3.38. The second-order valence-electron chi connectivity index (χ2n) is 7.88. The Bertz CT molecular complexity index is 1140. The minimum absolute atomic E-state index is 0.145. The van der Waals surface area contributed by atoms with Crippen molar-refractivity contribution < 1.29 is 14.3 Å². The van der Waals surface area contributed by atoms with Crippen molar-refractivity contribution in [3.8, 4) is 5.75 Å². The molecule has 0 bridgehead atoms. The molecule has 31 heavy (non-hydrogen) atoms. The van der Waals surface area contributed by atoms with Crippen molar-refractivity contribution in [1.29, 1.82) is 0 Å². The Morgan fingerprint density at radius 2 is 1.87 bits per heavy atom. The second kappa shape index (κ2) is 8.15. The molecule has 2 aromatic carbocycles. The number of aromatic nitrogens is 1. The highest BCUT2D eigenvalue weighted by atomic mass is 32.1. The summed E-state index contributed by atoms with van der Waals surface area (Å²) in [5.41, 5.74) is 3.93. The molecule has 1 aliphatic carbocycles. The summed E-state index contributed by atoms with van der Waals surface area (Å²) in [6.45, 7) is 1.40. The first-order valence-corrected chi connectivity index (χ1v) is 11.2. The first kappa shape index (κ1) is 19.8. The van der Waals surface area contributed by atoms with Gasteiger partial charge in [0, 0.05) is 23.5 Å². The van der Waals surface area contributed by atoms with E-state index in [4.69, 9.17) is 4.74 Å². The minimum Gasteiger partial charge on any atom is -0.497 e. The lowest BCUT2D eigenvalue weighted by Crippen LogP contribution is -2.38. The standard InChI is InChI=1S/C24H23N3O3S/c1-30-18-8-6-16(7-9-18)22(28)26-24-25-21-19(10-11-20(21)31-24)23(29)27-13-12-15-4-2-3-5-17(15)14-27/h2-9,19H,10-14H2,1H3,(H,25,26,28). The lowest BCUT2D eigenvalue weighted by molar-refractivity contribution is -0.133. The van der Waals surface area contributed by atoms with Crippen molar-refractivity contribution in [2.24, 2.45) is 0 Å². The number of ether oxygens (including phenoxy) is 1. The number of benzene rings is 2. The molecule has 158 valence electrons. The van der Waals surface area contributed by atoms with Crippen LogP contribution in [0.25, 0.3) is 0 Å². The summed E-state index contributed by atoms with van der Waals surface area (Å²) < 4.78 is 5.13. The van der Waals surface area contributed by atoms with Crippen LogP contribution in [0.1, 0.15) is 44.4 Å². The maximum atomic E-state index is 13.3. The number of amides is 2. The number of nitrogens with zero attached hydrogens (tertiary/aromatic N) is 2. The molecule has 3 aromatic rings. The summed E-state index contributed by atoms with van der Waals surface area (Å²) >= 11 is 1.47. The number of carbonyl (C=O) groups excluding carboxylic acids is 2. The predicted molar refractivity (Wildman–Crippen MR) is 120 cm³/mol. The lowest BCUT2D eigenvalue weighted by Gasteiger charge is -2.30. The van der Waals surface area contributed by atoms with Gasteiger partial charge in [-0.25, -0.2) is 4.98 Å². The van der Waals surface area contributed by atoms with E-state index in [1.807, 2.05) is 11.0 Å². The van der Waals surface area contributed by atoms with Crippen LogP contribution in [0, 0.1) is 0 Å². The summed E-state index contributed by atoms with van der Waals surface area (Å²) in [7, 11) is 1.59. The zero-order valence-electron chi connectivity index (χ0n) is 17.3. The van der Waals surface area contributed by atoms with Crippen LogP contribution < -0.4 is 10.1 Å². The molecular weight excluding hydrogens is 410 g/mol. The van der Waals surface area contributed by atoms with E-state index < -0.39 is 0 Å². The minimum atomic E-state index is -0.219. The fourth-order valence-electron chi connectivity index (χ4n) is 4.34. The van der Waals surface area contributed by atoms with Crippen molar-refractivity contribution in [3.63, 3.8) is 0 Å². The molecule has 5 rings (SSSR count). The van der Waals surface area contributed by atoms with Crippen LogP contribution in [0.4, 0.5) is 5.13 Å². The molecule has 1 N–H and O–H groups in total. The second-order valence-corrected chi connectivity index (χ2v) is 8.96. The van der Waals surface area contributed by atoms with E-state index in [9.17, 15) is 9.59 Å². The molecule has 1 aromatic heterocycles. The van der Waals surface area contributed by atoms with Gasteiger partial charge in [0.15, 0.2) is 5.13 Å². The summed E-state index contributed by atoms with van der Waals surface area (Å²) in [6, 6.07) is 15.3. The van der Waals surface area contributed by atoms with E-state index >= 15 is 0 Å². The number of thiazole rings is 1. The van der Waals surface area contributed by atoms with Gasteiger partial charge in [-0.1, -0.05) is 24.3 Å². The highest BCUT2D eigenvalue weighted by Crippen LogP contribution is 2.40. The summed E-state index contributed by atoms with van der Waals surface area (Å²) in [5.74, 6) is 0.409. The third kappa shape index (κ3) is 3.81. The smallest absolute Gasteiger partial charge is 0.257 e. The third-order valence-electron chi connectivity index (χ3n) is 6.03. The molecule has 6 nitrogen and oxygen atoms in total.